The van der Waals surface area contributed by atoms with Gasteiger partial charge in [0.25, 0.3) is 10.2 Å². The van der Waals surface area contributed by atoms with E-state index in [9.17, 15) is 13.2 Å². The van der Waals surface area contributed by atoms with Crippen LogP contribution in [0.5, 0.6) is 5.75 Å². The molecule has 8 nitrogen and oxygen atoms in total. The molecule has 0 saturated heterocycles. The van der Waals surface area contributed by atoms with E-state index in [0.717, 1.165) is 0 Å². The Bertz CT molecular complexity index is 572. The van der Waals surface area contributed by atoms with Crippen molar-refractivity contribution >= 4 is 21.9 Å². The van der Waals surface area contributed by atoms with Crippen molar-refractivity contribution in [3.63, 3.8) is 0 Å². The second-order valence-electron chi connectivity index (χ2n) is 3.71. The molecule has 0 aliphatic rings. The van der Waals surface area contributed by atoms with Gasteiger partial charge in [-0.3, -0.25) is 4.72 Å². The van der Waals surface area contributed by atoms with Crippen molar-refractivity contribution in [3.8, 4) is 5.75 Å². The number of hydrogen-bond acceptors (Lipinski definition) is 5. The van der Waals surface area contributed by atoms with Crippen LogP contribution in [0, 0.1) is 0 Å². The first-order valence-electron chi connectivity index (χ1n) is 5.57. The predicted molar refractivity (Wildman–Crippen MR) is 72.4 cm³/mol. The smallest absolute Gasteiger partial charge is 0.337 e. The van der Waals surface area contributed by atoms with Crippen LogP contribution in [0.3, 0.4) is 0 Å². The van der Waals surface area contributed by atoms with Gasteiger partial charge in [0.15, 0.2) is 0 Å². The molecule has 0 spiro atoms. The van der Waals surface area contributed by atoms with E-state index in [-0.39, 0.29) is 24.4 Å². The third kappa shape index (κ3) is 4.68. The zero-order chi connectivity index (χ0) is 15.2. The molecule has 112 valence electrons. The second kappa shape index (κ2) is 7.08. The molecule has 20 heavy (non-hydrogen) atoms. The van der Waals surface area contributed by atoms with Gasteiger partial charge >= 0.3 is 5.97 Å². The highest BCUT2D eigenvalue weighted by Gasteiger charge is 2.16. The van der Waals surface area contributed by atoms with E-state index in [1.165, 1.54) is 32.4 Å². The van der Waals surface area contributed by atoms with Gasteiger partial charge in [0.1, 0.15) is 5.75 Å². The second-order valence-corrected chi connectivity index (χ2v) is 5.21. The highest BCUT2D eigenvalue weighted by Crippen LogP contribution is 2.23. The lowest BCUT2D eigenvalue weighted by Gasteiger charge is -2.12. The van der Waals surface area contributed by atoms with E-state index < -0.39 is 16.2 Å². The zero-order valence-electron chi connectivity index (χ0n) is 11.0. The van der Waals surface area contributed by atoms with E-state index in [2.05, 4.69) is 9.44 Å². The lowest BCUT2D eigenvalue weighted by molar-refractivity contribution is 0.0698. The Balaban J connectivity index is 2.97. The molecular formula is C11H16N2O6S. The van der Waals surface area contributed by atoms with Crippen molar-refractivity contribution in [3.05, 3.63) is 23.8 Å². The first-order valence-corrected chi connectivity index (χ1v) is 7.05. The van der Waals surface area contributed by atoms with Gasteiger partial charge in [0.2, 0.25) is 0 Å². The minimum absolute atomic E-state index is 0.0677. The molecule has 0 bridgehead atoms. The van der Waals surface area contributed by atoms with Gasteiger partial charge in [-0.2, -0.15) is 13.1 Å². The molecular weight excluding hydrogens is 288 g/mol. The largest absolute Gasteiger partial charge is 0.497 e. The Morgan fingerprint density at radius 2 is 2.05 bits per heavy atom. The van der Waals surface area contributed by atoms with Crippen molar-refractivity contribution in [2.24, 2.45) is 0 Å². The maximum atomic E-state index is 11.7. The number of benzene rings is 1. The molecule has 0 aromatic heterocycles. The van der Waals surface area contributed by atoms with Crippen LogP contribution >= 0.6 is 0 Å². The Hall–Kier alpha value is -1.84. The van der Waals surface area contributed by atoms with Crippen LogP contribution in [0.2, 0.25) is 0 Å². The Kier molecular flexibility index (Phi) is 5.74. The molecule has 0 unspecified atom stereocenters. The number of aromatic carboxylic acids is 1. The minimum atomic E-state index is -3.89. The van der Waals surface area contributed by atoms with Crippen molar-refractivity contribution in [2.75, 3.05) is 32.1 Å². The molecule has 3 N–H and O–H groups in total. The van der Waals surface area contributed by atoms with Crippen LogP contribution in [0.15, 0.2) is 18.2 Å². The van der Waals surface area contributed by atoms with Gasteiger partial charge in [-0.1, -0.05) is 0 Å². The molecule has 9 heteroatoms. The third-order valence-corrected chi connectivity index (χ3v) is 3.37. The zero-order valence-corrected chi connectivity index (χ0v) is 11.9. The number of carboxylic acids is 1. The van der Waals surface area contributed by atoms with Gasteiger partial charge < -0.3 is 14.6 Å². The fraction of sp³-hybridized carbons (Fsp3) is 0.364. The standard InChI is InChI=1S/C11H16N2O6S/c1-18-6-5-12-20(16,17)13-10-7-8(19-2)3-4-9(10)11(14)15/h3-4,7,12-13H,5-6H2,1-2H3,(H,14,15). The molecule has 0 aliphatic carbocycles. The number of carbonyl (C=O) groups is 1. The summed E-state index contributed by atoms with van der Waals surface area (Å²) in [7, 11) is -1.06. The summed E-state index contributed by atoms with van der Waals surface area (Å²) in [6.07, 6.45) is 0. The number of methoxy groups -OCH3 is 2. The molecule has 0 heterocycles. The van der Waals surface area contributed by atoms with Gasteiger partial charge in [-0.05, 0) is 12.1 Å². The van der Waals surface area contributed by atoms with E-state index in [1.54, 1.807) is 0 Å². The molecule has 0 aliphatic heterocycles. The number of hydrogen-bond donors (Lipinski definition) is 3. The molecule has 0 saturated carbocycles. The van der Waals surface area contributed by atoms with Gasteiger partial charge in [0.05, 0.1) is 25.0 Å². The molecule has 0 fully saturated rings. The summed E-state index contributed by atoms with van der Waals surface area (Å²) < 4.78 is 37.5. The summed E-state index contributed by atoms with van der Waals surface area (Å²) in [5.41, 5.74) is -0.260. The van der Waals surface area contributed by atoms with Crippen LogP contribution in [-0.4, -0.2) is 46.9 Å². The minimum Gasteiger partial charge on any atom is -0.497 e. The van der Waals surface area contributed by atoms with E-state index in [1.807, 2.05) is 0 Å². The van der Waals surface area contributed by atoms with Gasteiger partial charge in [-0.25, -0.2) is 4.79 Å². The summed E-state index contributed by atoms with van der Waals surface area (Å²) in [4.78, 5) is 11.1. The van der Waals surface area contributed by atoms with Crippen molar-refractivity contribution in [1.82, 2.24) is 4.72 Å². The van der Waals surface area contributed by atoms with E-state index in [4.69, 9.17) is 14.6 Å². The average Bonchev–Trinajstić information content (AvgIpc) is 2.37. The van der Waals surface area contributed by atoms with Crippen LogP contribution in [0.25, 0.3) is 0 Å². The molecule has 0 atom stereocenters. The van der Waals surface area contributed by atoms with Crippen LogP contribution in [0.1, 0.15) is 10.4 Å². The SMILES string of the molecule is COCCNS(=O)(=O)Nc1cc(OC)ccc1C(=O)O. The van der Waals surface area contributed by atoms with E-state index >= 15 is 0 Å². The Morgan fingerprint density at radius 3 is 2.60 bits per heavy atom. The lowest BCUT2D eigenvalue weighted by atomic mass is 10.2. The number of ether oxygens (including phenoxy) is 2. The average molecular weight is 304 g/mol. The molecule has 1 aromatic rings. The van der Waals surface area contributed by atoms with Crippen molar-refractivity contribution in [2.45, 2.75) is 0 Å². The molecule has 0 radical (unpaired) electrons. The van der Waals surface area contributed by atoms with Crippen LogP contribution < -0.4 is 14.2 Å². The fourth-order valence-electron chi connectivity index (χ4n) is 1.38. The number of anilines is 1. The Morgan fingerprint density at radius 1 is 1.35 bits per heavy atom. The normalized spacial score (nSPS) is 11.1. The van der Waals surface area contributed by atoms with Crippen LogP contribution in [-0.2, 0) is 14.9 Å². The summed E-state index contributed by atoms with van der Waals surface area (Å²) in [5, 5.41) is 9.02. The quantitative estimate of drug-likeness (QED) is 0.595. The van der Waals surface area contributed by atoms with E-state index in [0.29, 0.717) is 5.75 Å². The Labute approximate surface area is 116 Å². The maximum Gasteiger partial charge on any atom is 0.337 e. The van der Waals surface area contributed by atoms with Gasteiger partial charge in [0, 0.05) is 19.7 Å². The molecule has 1 aromatic carbocycles. The van der Waals surface area contributed by atoms with Crippen molar-refractivity contribution < 1.29 is 27.8 Å². The lowest BCUT2D eigenvalue weighted by Crippen LogP contribution is -2.33. The summed E-state index contributed by atoms with van der Waals surface area (Å²) in [6.45, 7) is 0.267. The summed E-state index contributed by atoms with van der Waals surface area (Å²) >= 11 is 0. The third-order valence-electron chi connectivity index (χ3n) is 2.30. The fourth-order valence-corrected chi connectivity index (χ4v) is 2.26. The van der Waals surface area contributed by atoms with Crippen molar-refractivity contribution in [1.29, 1.82) is 0 Å². The van der Waals surface area contributed by atoms with Gasteiger partial charge in [-0.15, -0.1) is 0 Å². The summed E-state index contributed by atoms with van der Waals surface area (Å²) in [6, 6.07) is 3.98. The topological polar surface area (TPSA) is 114 Å². The predicted octanol–water partition coefficient (Wildman–Crippen LogP) is 0.286. The highest BCUT2D eigenvalue weighted by atomic mass is 32.2. The summed E-state index contributed by atoms with van der Waals surface area (Å²) in [5.74, 6) is -0.910. The van der Waals surface area contributed by atoms with Crippen LogP contribution in [0.4, 0.5) is 5.69 Å². The molecule has 0 amide bonds. The number of rotatable bonds is 8. The first-order chi connectivity index (χ1) is 9.39. The monoisotopic (exact) mass is 304 g/mol. The first kappa shape index (κ1) is 16.2. The number of nitrogens with one attached hydrogen (secondary N) is 2. The maximum absolute atomic E-state index is 11.7. The molecule has 1 rings (SSSR count). The highest BCUT2D eigenvalue weighted by molar-refractivity contribution is 7.90. The number of carboxylic acid groups (broad SMARTS) is 1.